The Kier molecular flexibility index (Phi) is 5.81. The summed E-state index contributed by atoms with van der Waals surface area (Å²) in [6, 6.07) is 23.5. The molecule has 3 aromatic carbocycles. The van der Waals surface area contributed by atoms with Crippen LogP contribution in [0.2, 0.25) is 0 Å². The molecule has 204 valence electrons. The molecule has 1 aliphatic heterocycles. The van der Waals surface area contributed by atoms with Crippen LogP contribution in [0, 0.1) is 6.92 Å². The van der Waals surface area contributed by atoms with Crippen LogP contribution in [0.1, 0.15) is 28.3 Å². The fraction of sp³-hybridized carbons (Fsp3) is 0.161. The molecule has 10 heteroatoms. The molecule has 1 atom stereocenters. The maximum atomic E-state index is 6.53. The summed E-state index contributed by atoms with van der Waals surface area (Å²) in [6.07, 6.45) is 1.62. The van der Waals surface area contributed by atoms with Gasteiger partial charge in [0.1, 0.15) is 12.1 Å². The number of fused-ring (bicyclic) bond motifs is 4. The van der Waals surface area contributed by atoms with Gasteiger partial charge in [-0.3, -0.25) is 0 Å². The van der Waals surface area contributed by atoms with Crippen LogP contribution in [0.25, 0.3) is 22.7 Å². The Balaban J connectivity index is 1.50. The molecule has 0 aliphatic carbocycles. The van der Waals surface area contributed by atoms with Crippen LogP contribution in [-0.4, -0.2) is 50.7 Å². The van der Waals surface area contributed by atoms with Crippen molar-refractivity contribution in [1.82, 2.24) is 29.4 Å². The third-order valence-corrected chi connectivity index (χ3v) is 7.31. The Morgan fingerprint density at radius 1 is 0.780 bits per heavy atom. The van der Waals surface area contributed by atoms with Gasteiger partial charge >= 0.3 is 0 Å². The highest BCUT2D eigenvalue weighted by Gasteiger charge is 2.38. The molecule has 10 nitrogen and oxygen atoms in total. The van der Waals surface area contributed by atoms with Crippen LogP contribution >= 0.6 is 0 Å². The van der Waals surface area contributed by atoms with Crippen LogP contribution in [0.3, 0.4) is 0 Å². The molecule has 3 aromatic heterocycles. The number of aryl methyl sites for hydroxylation is 1. The quantitative estimate of drug-likeness (QED) is 0.266. The van der Waals surface area contributed by atoms with Gasteiger partial charge in [0.25, 0.3) is 0 Å². The van der Waals surface area contributed by atoms with Crippen LogP contribution in [0.4, 0.5) is 0 Å². The van der Waals surface area contributed by atoms with Crippen molar-refractivity contribution in [2.75, 3.05) is 21.3 Å². The summed E-state index contributed by atoms with van der Waals surface area (Å²) >= 11 is 0. The van der Waals surface area contributed by atoms with Gasteiger partial charge in [-0.05, 0) is 48.9 Å². The standard InChI is InChI=1S/C31H26N6O4/c1-18-25-26(19-14-15-23(39-3)24(16-19)40-4)27-29-33-28(21-12-8-9-13-22(21)38-2)35-36(29)17-32-30(27)41-31(25)37(34-18)20-10-6-5-7-11-20/h5-17,26H,1-4H3. The van der Waals surface area contributed by atoms with Gasteiger partial charge in [-0.1, -0.05) is 36.4 Å². The Labute approximate surface area is 235 Å². The third kappa shape index (κ3) is 3.87. The molecule has 4 heterocycles. The van der Waals surface area contributed by atoms with E-state index in [0.717, 1.165) is 33.6 Å². The summed E-state index contributed by atoms with van der Waals surface area (Å²) in [4.78, 5) is 9.70. The molecule has 0 saturated heterocycles. The Morgan fingerprint density at radius 3 is 2.32 bits per heavy atom. The number of benzene rings is 3. The molecule has 0 N–H and O–H groups in total. The number of hydrogen-bond acceptors (Lipinski definition) is 8. The van der Waals surface area contributed by atoms with Gasteiger partial charge in [-0.2, -0.15) is 5.10 Å². The van der Waals surface area contributed by atoms with E-state index in [0.29, 0.717) is 40.5 Å². The fourth-order valence-corrected chi connectivity index (χ4v) is 5.43. The number of hydrogen-bond donors (Lipinski definition) is 0. The van der Waals surface area contributed by atoms with Gasteiger partial charge in [0.05, 0.1) is 55.3 Å². The third-order valence-electron chi connectivity index (χ3n) is 7.31. The lowest BCUT2D eigenvalue weighted by atomic mass is 9.84. The molecule has 0 saturated carbocycles. The maximum Gasteiger partial charge on any atom is 0.230 e. The van der Waals surface area contributed by atoms with E-state index in [2.05, 4.69) is 0 Å². The summed E-state index contributed by atoms with van der Waals surface area (Å²) in [5, 5.41) is 9.66. The van der Waals surface area contributed by atoms with Crippen molar-refractivity contribution in [2.24, 2.45) is 0 Å². The van der Waals surface area contributed by atoms with Crippen LogP contribution in [-0.2, 0) is 0 Å². The van der Waals surface area contributed by atoms with E-state index in [1.165, 1.54) is 0 Å². The molecule has 0 bridgehead atoms. The van der Waals surface area contributed by atoms with Crippen LogP contribution in [0.15, 0.2) is 79.1 Å². The largest absolute Gasteiger partial charge is 0.496 e. The van der Waals surface area contributed by atoms with Gasteiger partial charge in [0.2, 0.25) is 11.8 Å². The average Bonchev–Trinajstić information content (AvgIpc) is 3.61. The smallest absolute Gasteiger partial charge is 0.230 e. The first-order valence-corrected chi connectivity index (χ1v) is 13.0. The lowest BCUT2D eigenvalue weighted by Gasteiger charge is -2.26. The fourth-order valence-electron chi connectivity index (χ4n) is 5.43. The monoisotopic (exact) mass is 546 g/mol. The minimum atomic E-state index is -0.336. The Bertz CT molecular complexity index is 1910. The zero-order chi connectivity index (χ0) is 28.1. The lowest BCUT2D eigenvalue weighted by molar-refractivity contribution is 0.354. The van der Waals surface area contributed by atoms with Crippen molar-refractivity contribution in [1.29, 1.82) is 0 Å². The molecule has 0 fully saturated rings. The van der Waals surface area contributed by atoms with Crippen molar-refractivity contribution in [2.45, 2.75) is 12.8 Å². The molecule has 0 amide bonds. The van der Waals surface area contributed by atoms with E-state index in [1.54, 1.807) is 32.2 Å². The highest BCUT2D eigenvalue weighted by atomic mass is 16.5. The van der Waals surface area contributed by atoms with E-state index in [1.807, 2.05) is 84.4 Å². The summed E-state index contributed by atoms with van der Waals surface area (Å²) in [5.41, 5.74) is 5.73. The summed E-state index contributed by atoms with van der Waals surface area (Å²) < 4.78 is 26.8. The molecule has 1 unspecified atom stereocenters. The van der Waals surface area contributed by atoms with Crippen molar-refractivity contribution in [3.05, 3.63) is 102 Å². The first-order chi connectivity index (χ1) is 20.1. The van der Waals surface area contributed by atoms with Crippen LogP contribution in [0.5, 0.6) is 29.0 Å². The summed E-state index contributed by atoms with van der Waals surface area (Å²) in [6.45, 7) is 1.98. The second kappa shape index (κ2) is 9.67. The van der Waals surface area contributed by atoms with E-state index in [4.69, 9.17) is 39.1 Å². The molecular weight excluding hydrogens is 520 g/mol. The molecule has 7 rings (SSSR count). The van der Waals surface area contributed by atoms with E-state index in [-0.39, 0.29) is 5.92 Å². The van der Waals surface area contributed by atoms with Crippen molar-refractivity contribution in [3.63, 3.8) is 0 Å². The molecule has 0 radical (unpaired) electrons. The van der Waals surface area contributed by atoms with Gasteiger partial charge in [0, 0.05) is 0 Å². The highest BCUT2D eigenvalue weighted by Crippen LogP contribution is 2.50. The van der Waals surface area contributed by atoms with E-state index >= 15 is 0 Å². The predicted molar refractivity (Wildman–Crippen MR) is 152 cm³/mol. The van der Waals surface area contributed by atoms with Gasteiger partial charge in [-0.15, -0.1) is 5.10 Å². The van der Waals surface area contributed by atoms with E-state index < -0.39 is 0 Å². The van der Waals surface area contributed by atoms with Gasteiger partial charge in [-0.25, -0.2) is 19.2 Å². The maximum absolute atomic E-state index is 6.53. The lowest BCUT2D eigenvalue weighted by Crippen LogP contribution is -2.16. The highest BCUT2D eigenvalue weighted by molar-refractivity contribution is 5.71. The molecule has 0 spiro atoms. The van der Waals surface area contributed by atoms with Crippen LogP contribution < -0.4 is 18.9 Å². The van der Waals surface area contributed by atoms with Crippen molar-refractivity contribution >= 4 is 5.65 Å². The summed E-state index contributed by atoms with van der Waals surface area (Å²) in [7, 11) is 4.88. The van der Waals surface area contributed by atoms with Gasteiger partial charge in [0.15, 0.2) is 23.0 Å². The van der Waals surface area contributed by atoms with Crippen molar-refractivity contribution < 1.29 is 18.9 Å². The SMILES string of the molecule is COc1ccc(C2c3c(C)nn(-c4ccccc4)c3Oc3ncn4nc(-c5ccccc5OC)nc4c32)cc1OC. The average molecular weight is 547 g/mol. The second-order valence-electron chi connectivity index (χ2n) is 9.57. The number of ether oxygens (including phenoxy) is 4. The Morgan fingerprint density at radius 2 is 1.54 bits per heavy atom. The second-order valence-corrected chi connectivity index (χ2v) is 9.57. The first-order valence-electron chi connectivity index (χ1n) is 13.0. The first kappa shape index (κ1) is 24.6. The number of para-hydroxylation sites is 2. The summed E-state index contributed by atoms with van der Waals surface area (Å²) in [5.74, 6) is 3.15. The van der Waals surface area contributed by atoms with Gasteiger partial charge < -0.3 is 18.9 Å². The topological polar surface area (TPSA) is 97.8 Å². The zero-order valence-corrected chi connectivity index (χ0v) is 22.9. The predicted octanol–water partition coefficient (Wildman–Crippen LogP) is 5.60. The number of rotatable bonds is 6. The zero-order valence-electron chi connectivity index (χ0n) is 22.9. The molecule has 41 heavy (non-hydrogen) atoms. The minimum Gasteiger partial charge on any atom is -0.496 e. The molecule has 6 aromatic rings. The number of nitrogens with zero attached hydrogens (tertiary/aromatic N) is 6. The molecule has 1 aliphatic rings. The molecular formula is C31H26N6O4. The van der Waals surface area contributed by atoms with E-state index in [9.17, 15) is 0 Å². The van der Waals surface area contributed by atoms with Crippen molar-refractivity contribution in [3.8, 4) is 46.1 Å². The number of methoxy groups -OCH3 is 3. The minimum absolute atomic E-state index is 0.336. The number of aromatic nitrogens is 6. The Hall–Kier alpha value is -5.38. The normalized spacial score (nSPS) is 13.8.